The molecule has 0 bridgehead atoms. The van der Waals surface area contributed by atoms with Crippen LogP contribution in [0.5, 0.6) is 0 Å². The fourth-order valence-corrected chi connectivity index (χ4v) is 5.44. The summed E-state index contributed by atoms with van der Waals surface area (Å²) in [6.45, 7) is 0. The van der Waals surface area contributed by atoms with Crippen molar-refractivity contribution in [3.63, 3.8) is 0 Å². The van der Waals surface area contributed by atoms with E-state index in [1.165, 1.54) is 38.3 Å². The molecule has 3 aliphatic rings. The first-order chi connectivity index (χ1) is 14.2. The fourth-order valence-electron chi connectivity index (χ4n) is 3.78. The number of fused-ring (bicyclic) bond motifs is 6. The van der Waals surface area contributed by atoms with E-state index in [-0.39, 0.29) is 13.5 Å². The third-order valence-electron chi connectivity index (χ3n) is 4.97. The predicted molar refractivity (Wildman–Crippen MR) is 134 cm³/mol. The molecule has 0 fully saturated rings. The van der Waals surface area contributed by atoms with Crippen LogP contribution in [0.15, 0.2) is 75.4 Å². The van der Waals surface area contributed by atoms with E-state index in [4.69, 9.17) is 17.0 Å². The van der Waals surface area contributed by atoms with Crippen molar-refractivity contribution >= 4 is 64.3 Å². The van der Waals surface area contributed by atoms with Crippen molar-refractivity contribution in [1.82, 2.24) is 0 Å². The molecular weight excluding hydrogens is 594 g/mol. The number of hydrogen-bond donors (Lipinski definition) is 0. The van der Waals surface area contributed by atoms with Crippen molar-refractivity contribution in [2.75, 3.05) is 0 Å². The van der Waals surface area contributed by atoms with Gasteiger partial charge in [-0.1, -0.05) is 81.2 Å². The zero-order chi connectivity index (χ0) is 20.2. The Morgan fingerprint density at radius 3 is 2.50 bits per heavy atom. The van der Waals surface area contributed by atoms with Gasteiger partial charge in [0.05, 0.1) is 0 Å². The molecule has 6 rings (SSSR count). The number of halogens is 3. The summed E-state index contributed by atoms with van der Waals surface area (Å²) in [7, 11) is 9.87. The van der Waals surface area contributed by atoms with Crippen molar-refractivity contribution in [3.8, 4) is 11.1 Å². The van der Waals surface area contributed by atoms with Crippen LogP contribution in [-0.4, -0.2) is 0 Å². The Labute approximate surface area is 216 Å². The van der Waals surface area contributed by atoms with E-state index in [1.54, 1.807) is 11.8 Å². The Balaban J connectivity index is 0.000000147. The van der Waals surface area contributed by atoms with Crippen molar-refractivity contribution in [2.24, 2.45) is 0 Å². The van der Waals surface area contributed by atoms with Gasteiger partial charge in [0.25, 0.3) is 0 Å². The molecule has 1 unspecified atom stereocenters. The molecular formula is C24H16BrCl2S2Zr-3. The molecule has 1 atom stereocenters. The zero-order valence-corrected chi connectivity index (χ0v) is 23.0. The molecule has 0 saturated carbocycles. The van der Waals surface area contributed by atoms with E-state index < -0.39 is 20.8 Å². The first-order valence-electron chi connectivity index (χ1n) is 9.02. The van der Waals surface area contributed by atoms with Gasteiger partial charge in [0.15, 0.2) is 0 Å². The van der Waals surface area contributed by atoms with Crippen LogP contribution in [0.25, 0.3) is 17.2 Å². The van der Waals surface area contributed by atoms with Crippen LogP contribution in [0.4, 0.5) is 0 Å². The smallest absolute Gasteiger partial charge is 0.0253 e. The number of allylic oxidation sites excluding steroid dienone is 2. The second-order valence-electron chi connectivity index (χ2n) is 6.60. The average Bonchev–Trinajstić information content (AvgIpc) is 3.39. The molecule has 30 heavy (non-hydrogen) atoms. The summed E-state index contributed by atoms with van der Waals surface area (Å²) < 4.78 is 1.12. The van der Waals surface area contributed by atoms with E-state index in [0.717, 1.165) is 10.2 Å². The summed E-state index contributed by atoms with van der Waals surface area (Å²) in [6.07, 6.45) is 6.70. The largest absolute Gasteiger partial charge is 0.813 e. The van der Waals surface area contributed by atoms with Gasteiger partial charge in [-0.25, -0.2) is 0 Å². The van der Waals surface area contributed by atoms with E-state index in [0.29, 0.717) is 5.92 Å². The molecule has 0 aromatic heterocycles. The second-order valence-corrected chi connectivity index (χ2v) is 12.7. The van der Waals surface area contributed by atoms with Crippen molar-refractivity contribution in [1.29, 1.82) is 0 Å². The molecule has 0 nitrogen and oxygen atoms in total. The minimum absolute atomic E-state index is 0. The minimum Gasteiger partial charge on any atom is -0.813 e. The SMILES string of the molecule is BrC1=[C-]C2C(=Cc3ccccc32)S1.[Cl][Zr][Cl].[SH-].[c-]1cccc2c1Cc1ccccc1-2. The van der Waals surface area contributed by atoms with Gasteiger partial charge in [0.1, 0.15) is 0 Å². The Kier molecular flexibility index (Phi) is 9.44. The number of hydrogen-bond acceptors (Lipinski definition) is 2. The van der Waals surface area contributed by atoms with Crippen molar-refractivity contribution < 1.29 is 20.8 Å². The molecule has 0 saturated heterocycles. The maximum atomic E-state index is 4.93. The second kappa shape index (κ2) is 11.6. The van der Waals surface area contributed by atoms with Crippen LogP contribution in [0.2, 0.25) is 0 Å². The first-order valence-corrected chi connectivity index (χ1v) is 17.0. The van der Waals surface area contributed by atoms with Crippen molar-refractivity contribution in [2.45, 2.75) is 12.3 Å². The van der Waals surface area contributed by atoms with Crippen LogP contribution in [0.3, 0.4) is 0 Å². The Bertz CT molecular complexity index is 1050. The third-order valence-corrected chi connectivity index (χ3v) is 6.57. The van der Waals surface area contributed by atoms with Gasteiger partial charge in [0.2, 0.25) is 0 Å². The Morgan fingerprint density at radius 2 is 1.67 bits per heavy atom. The topological polar surface area (TPSA) is 0 Å². The van der Waals surface area contributed by atoms with Crippen LogP contribution in [0, 0.1) is 12.1 Å². The van der Waals surface area contributed by atoms with E-state index in [2.05, 4.69) is 94.8 Å². The number of rotatable bonds is 0. The molecule has 3 aromatic rings. The maximum absolute atomic E-state index is 4.93. The molecule has 152 valence electrons. The van der Waals surface area contributed by atoms with E-state index >= 15 is 0 Å². The van der Waals surface area contributed by atoms with Gasteiger partial charge in [-0.3, -0.25) is 0 Å². The third kappa shape index (κ3) is 5.39. The summed E-state index contributed by atoms with van der Waals surface area (Å²) in [5, 5.41) is 0. The Morgan fingerprint density at radius 1 is 0.967 bits per heavy atom. The summed E-state index contributed by atoms with van der Waals surface area (Å²) in [5.74, 6) is 0.399. The average molecular weight is 611 g/mol. The van der Waals surface area contributed by atoms with E-state index in [9.17, 15) is 0 Å². The number of thiol groups is 1. The quantitative estimate of drug-likeness (QED) is 0.112. The molecule has 0 radical (unpaired) electrons. The normalized spacial score (nSPS) is 16.0. The molecule has 6 heteroatoms. The molecule has 1 aliphatic heterocycles. The molecule has 0 spiro atoms. The van der Waals surface area contributed by atoms with Gasteiger partial charge in [-0.2, -0.15) is 29.8 Å². The monoisotopic (exact) mass is 607 g/mol. The van der Waals surface area contributed by atoms with Gasteiger partial charge in [-0.05, 0) is 23.0 Å². The number of benzene rings is 3. The van der Waals surface area contributed by atoms with Crippen molar-refractivity contribution in [3.05, 3.63) is 110 Å². The predicted octanol–water partition coefficient (Wildman–Crippen LogP) is 8.08. The first kappa shape index (κ1) is 24.4. The number of thioether (sulfide) groups is 1. The van der Waals surface area contributed by atoms with Crippen LogP contribution in [-0.2, 0) is 40.8 Å². The molecule has 2 aliphatic carbocycles. The fraction of sp³-hybridized carbons (Fsp3) is 0.0833. The van der Waals surface area contributed by atoms with Gasteiger partial charge in [0, 0.05) is 0 Å². The molecule has 0 amide bonds. The summed E-state index contributed by atoms with van der Waals surface area (Å²) in [4.78, 5) is 1.40. The van der Waals surface area contributed by atoms with Gasteiger partial charge in [-0.15, -0.1) is 27.1 Å². The molecule has 0 N–H and O–H groups in total. The zero-order valence-electron chi connectivity index (χ0n) is 15.7. The molecule has 1 heterocycles. The maximum Gasteiger partial charge on any atom is -0.0253 e. The van der Waals surface area contributed by atoms with Crippen LogP contribution < -0.4 is 0 Å². The Hall–Kier alpha value is -0.217. The van der Waals surface area contributed by atoms with Gasteiger partial charge >= 0.3 is 37.9 Å². The minimum atomic E-state index is -0.826. The summed E-state index contributed by atoms with van der Waals surface area (Å²) >= 11 is 4.42. The van der Waals surface area contributed by atoms with E-state index in [1.807, 2.05) is 6.07 Å². The summed E-state index contributed by atoms with van der Waals surface area (Å²) in [5.41, 5.74) is 8.25. The van der Waals surface area contributed by atoms with Crippen LogP contribution >= 0.6 is 44.7 Å². The summed E-state index contributed by atoms with van der Waals surface area (Å²) in [6, 6.07) is 26.6. The standard InChI is InChI=1S/C13H9.C11H6BrS.2ClH.H2S.Zr/c1-3-7-12-10(5-1)9-11-6-2-4-8-13(11)12;12-11-6-9-8-4-2-1-3-7(8)5-10(9)13-11;;;;/h1-5,7-8H,9H2;1-5,9H;2*1H;1H2;/q2*-1;;;;+2/p-3. The molecule has 3 aromatic carbocycles. The van der Waals surface area contributed by atoms with Crippen LogP contribution in [0.1, 0.15) is 28.2 Å². The van der Waals surface area contributed by atoms with Gasteiger partial charge < -0.3 is 19.6 Å².